The second-order valence-electron chi connectivity index (χ2n) is 6.72. The Hall–Kier alpha value is -4.07. The minimum absolute atomic E-state index is 0.145. The monoisotopic (exact) mass is 401 g/mol. The van der Waals surface area contributed by atoms with Crippen LogP contribution in [0.2, 0.25) is 0 Å². The number of carbonyl (C=O) groups excluding carboxylic acids is 2. The van der Waals surface area contributed by atoms with Gasteiger partial charge < -0.3 is 10.1 Å². The van der Waals surface area contributed by atoms with Crippen LogP contribution in [-0.2, 0) is 9.53 Å². The van der Waals surface area contributed by atoms with E-state index in [-0.39, 0.29) is 5.82 Å². The van der Waals surface area contributed by atoms with Crippen LogP contribution >= 0.6 is 0 Å². The fraction of sp³-hybridized carbons (Fsp3) is 0.136. The molecule has 0 fully saturated rings. The molecule has 30 heavy (non-hydrogen) atoms. The molecule has 2 aromatic carbocycles. The zero-order valence-electron chi connectivity index (χ0n) is 16.5. The second-order valence-corrected chi connectivity index (χ2v) is 6.72. The molecule has 2 heterocycles. The molecule has 0 unspecified atom stereocenters. The quantitative estimate of drug-likeness (QED) is 0.516. The summed E-state index contributed by atoms with van der Waals surface area (Å²) in [5, 5.41) is 6.89. The van der Waals surface area contributed by atoms with Gasteiger partial charge in [-0.15, -0.1) is 5.10 Å². The van der Waals surface area contributed by atoms with Gasteiger partial charge in [0.25, 0.3) is 17.5 Å². The van der Waals surface area contributed by atoms with E-state index in [0.29, 0.717) is 11.5 Å². The maximum Gasteiger partial charge on any atom is 0.378 e. The highest BCUT2D eigenvalue weighted by atomic mass is 16.5. The number of para-hydroxylation sites is 1. The molecule has 0 aliphatic carbocycles. The maximum absolute atomic E-state index is 12.4. The zero-order chi connectivity index (χ0) is 21.1. The smallest absolute Gasteiger partial charge is 0.378 e. The van der Waals surface area contributed by atoms with E-state index < -0.39 is 18.5 Å². The number of rotatable bonds is 5. The van der Waals surface area contributed by atoms with Crippen molar-refractivity contribution in [3.05, 3.63) is 77.9 Å². The van der Waals surface area contributed by atoms with Crippen molar-refractivity contribution in [2.45, 2.75) is 13.8 Å². The van der Waals surface area contributed by atoms with Crippen LogP contribution in [-0.4, -0.2) is 38.1 Å². The number of nitrogens with zero attached hydrogens (tertiary/aromatic N) is 4. The molecule has 150 valence electrons. The Morgan fingerprint density at radius 3 is 2.53 bits per heavy atom. The van der Waals surface area contributed by atoms with E-state index in [1.165, 1.54) is 4.52 Å². The van der Waals surface area contributed by atoms with Crippen LogP contribution in [0.4, 0.5) is 5.69 Å². The predicted octanol–water partition coefficient (Wildman–Crippen LogP) is 3.20. The molecule has 4 aromatic rings. The molecule has 0 aliphatic rings. The van der Waals surface area contributed by atoms with E-state index in [1.54, 1.807) is 6.07 Å². The minimum atomic E-state index is -0.788. The van der Waals surface area contributed by atoms with Crippen molar-refractivity contribution in [1.82, 2.24) is 19.6 Å². The van der Waals surface area contributed by atoms with Gasteiger partial charge >= 0.3 is 5.97 Å². The Balaban J connectivity index is 1.44. The number of carbonyl (C=O) groups is 2. The number of fused-ring (bicyclic) bond motifs is 1. The molecule has 0 aliphatic heterocycles. The number of aryl methyl sites for hydroxylation is 2. The molecule has 8 nitrogen and oxygen atoms in total. The van der Waals surface area contributed by atoms with E-state index in [1.807, 2.05) is 68.4 Å². The van der Waals surface area contributed by atoms with E-state index >= 15 is 0 Å². The third kappa shape index (κ3) is 4.02. The summed E-state index contributed by atoms with van der Waals surface area (Å²) in [4.78, 5) is 33.0. The van der Waals surface area contributed by atoms with Crippen molar-refractivity contribution in [2.75, 3.05) is 11.9 Å². The summed E-state index contributed by atoms with van der Waals surface area (Å²) in [6, 6.07) is 18.9. The summed E-state index contributed by atoms with van der Waals surface area (Å²) in [6.45, 7) is 3.21. The van der Waals surface area contributed by atoms with E-state index in [9.17, 15) is 9.59 Å². The lowest BCUT2D eigenvalue weighted by atomic mass is 10.0. The highest BCUT2D eigenvalue weighted by Gasteiger charge is 2.18. The summed E-state index contributed by atoms with van der Waals surface area (Å²) in [5.74, 6) is -1.08. The number of ether oxygens (including phenoxy) is 1. The topological polar surface area (TPSA) is 98.5 Å². The Bertz CT molecular complexity index is 1230. The van der Waals surface area contributed by atoms with Crippen LogP contribution in [0.15, 0.2) is 60.7 Å². The number of hydrogen-bond donors (Lipinski definition) is 1. The number of esters is 1. The van der Waals surface area contributed by atoms with Crippen molar-refractivity contribution >= 4 is 23.3 Å². The minimum Gasteiger partial charge on any atom is -0.450 e. The number of anilines is 1. The number of hydrogen-bond acceptors (Lipinski definition) is 6. The first-order valence-corrected chi connectivity index (χ1v) is 9.34. The van der Waals surface area contributed by atoms with Crippen molar-refractivity contribution < 1.29 is 14.3 Å². The molecule has 1 amide bonds. The van der Waals surface area contributed by atoms with E-state index in [0.717, 1.165) is 22.5 Å². The third-order valence-corrected chi connectivity index (χ3v) is 4.42. The van der Waals surface area contributed by atoms with Gasteiger partial charge in [0.15, 0.2) is 6.61 Å². The number of aromatic nitrogens is 4. The van der Waals surface area contributed by atoms with Crippen LogP contribution in [0.3, 0.4) is 0 Å². The maximum atomic E-state index is 12.4. The highest BCUT2D eigenvalue weighted by Crippen LogP contribution is 2.27. The van der Waals surface area contributed by atoms with Gasteiger partial charge in [-0.2, -0.15) is 4.98 Å². The van der Waals surface area contributed by atoms with Crippen molar-refractivity contribution in [3.8, 4) is 11.1 Å². The van der Waals surface area contributed by atoms with Gasteiger partial charge in [-0.05, 0) is 31.5 Å². The molecule has 0 radical (unpaired) electrons. The lowest BCUT2D eigenvalue weighted by molar-refractivity contribution is -0.119. The highest BCUT2D eigenvalue weighted by molar-refractivity contribution is 5.97. The fourth-order valence-electron chi connectivity index (χ4n) is 3.10. The summed E-state index contributed by atoms with van der Waals surface area (Å²) in [6.07, 6.45) is 0. The number of amides is 1. The first kappa shape index (κ1) is 19.3. The average Bonchev–Trinajstić information content (AvgIpc) is 3.17. The molecular formula is C22H19N5O3. The molecule has 1 N–H and O–H groups in total. The first-order chi connectivity index (χ1) is 14.5. The Morgan fingerprint density at radius 1 is 1.00 bits per heavy atom. The SMILES string of the molecule is Cc1cc(C)n2nc(C(=O)OCC(=O)Nc3ccccc3-c3ccccc3)nc2n1. The van der Waals surface area contributed by atoms with Crippen LogP contribution in [0.1, 0.15) is 22.0 Å². The molecule has 0 spiro atoms. The van der Waals surface area contributed by atoms with Gasteiger partial charge in [0.05, 0.1) is 0 Å². The van der Waals surface area contributed by atoms with E-state index in [2.05, 4.69) is 20.4 Å². The van der Waals surface area contributed by atoms with Gasteiger partial charge in [0.1, 0.15) is 0 Å². The molecule has 0 saturated heterocycles. The molecule has 4 rings (SSSR count). The van der Waals surface area contributed by atoms with Crippen molar-refractivity contribution in [3.63, 3.8) is 0 Å². The zero-order valence-corrected chi connectivity index (χ0v) is 16.5. The molecule has 2 aromatic heterocycles. The van der Waals surface area contributed by atoms with Crippen LogP contribution in [0.25, 0.3) is 16.9 Å². The standard InChI is InChI=1S/C22H19N5O3/c1-14-12-15(2)27-22(23-14)25-20(26-27)21(29)30-13-19(28)24-18-11-7-6-10-17(18)16-8-4-3-5-9-16/h3-12H,13H2,1-2H3,(H,24,28). The fourth-order valence-corrected chi connectivity index (χ4v) is 3.10. The lowest BCUT2D eigenvalue weighted by Crippen LogP contribution is -2.21. The summed E-state index contributed by atoms with van der Waals surface area (Å²) >= 11 is 0. The van der Waals surface area contributed by atoms with Crippen LogP contribution in [0, 0.1) is 13.8 Å². The Morgan fingerprint density at radius 2 is 1.73 bits per heavy atom. The van der Waals surface area contributed by atoms with Gasteiger partial charge in [-0.3, -0.25) is 4.79 Å². The van der Waals surface area contributed by atoms with Crippen LogP contribution < -0.4 is 5.32 Å². The molecular weight excluding hydrogens is 382 g/mol. The number of benzene rings is 2. The normalized spacial score (nSPS) is 10.7. The third-order valence-electron chi connectivity index (χ3n) is 4.42. The van der Waals surface area contributed by atoms with Gasteiger partial charge in [0, 0.05) is 22.6 Å². The number of nitrogens with one attached hydrogen (secondary N) is 1. The van der Waals surface area contributed by atoms with Gasteiger partial charge in [-0.25, -0.2) is 14.3 Å². The predicted molar refractivity (Wildman–Crippen MR) is 111 cm³/mol. The second kappa shape index (κ2) is 8.12. The largest absolute Gasteiger partial charge is 0.450 e. The van der Waals surface area contributed by atoms with Crippen molar-refractivity contribution in [2.24, 2.45) is 0 Å². The molecule has 0 atom stereocenters. The van der Waals surface area contributed by atoms with Gasteiger partial charge in [0.2, 0.25) is 0 Å². The summed E-state index contributed by atoms with van der Waals surface area (Å²) in [5.41, 5.74) is 4.03. The Labute approximate surface area is 172 Å². The molecule has 0 bridgehead atoms. The van der Waals surface area contributed by atoms with Crippen molar-refractivity contribution in [1.29, 1.82) is 0 Å². The van der Waals surface area contributed by atoms with Crippen LogP contribution in [0.5, 0.6) is 0 Å². The molecule has 0 saturated carbocycles. The summed E-state index contributed by atoms with van der Waals surface area (Å²) < 4.78 is 6.55. The average molecular weight is 401 g/mol. The first-order valence-electron chi connectivity index (χ1n) is 9.34. The van der Waals surface area contributed by atoms with Gasteiger partial charge in [-0.1, -0.05) is 48.5 Å². The van der Waals surface area contributed by atoms with E-state index in [4.69, 9.17) is 4.74 Å². The Kier molecular flexibility index (Phi) is 5.21. The summed E-state index contributed by atoms with van der Waals surface area (Å²) in [7, 11) is 0. The molecule has 8 heteroatoms. The lowest BCUT2D eigenvalue weighted by Gasteiger charge is -2.11.